The molecule has 1 aliphatic heterocycles. The van der Waals surface area contributed by atoms with Crippen molar-refractivity contribution in [2.75, 3.05) is 26.9 Å². The highest BCUT2D eigenvalue weighted by Gasteiger charge is 2.72. The van der Waals surface area contributed by atoms with Crippen molar-refractivity contribution in [3.05, 3.63) is 30.4 Å². The van der Waals surface area contributed by atoms with Crippen molar-refractivity contribution < 1.29 is 19.4 Å². The first-order valence-electron chi connectivity index (χ1n) is 19.2. The number of likely N-dealkylation sites (N-methyl/N-ethyl adjacent to an activating group) is 1. The Labute approximate surface area is 296 Å². The van der Waals surface area contributed by atoms with Crippen molar-refractivity contribution in [1.29, 1.82) is 0 Å². The highest BCUT2D eigenvalue weighted by Crippen LogP contribution is 2.75. The van der Waals surface area contributed by atoms with Crippen molar-refractivity contribution in [1.82, 2.24) is 20.1 Å². The van der Waals surface area contributed by atoms with Crippen LogP contribution in [0.1, 0.15) is 120 Å². The summed E-state index contributed by atoms with van der Waals surface area (Å²) in [6.07, 6.45) is 11.6. The maximum atomic E-state index is 13.6. The Morgan fingerprint density at radius 3 is 2.49 bits per heavy atom. The van der Waals surface area contributed by atoms with Gasteiger partial charge >= 0.3 is 5.97 Å². The zero-order valence-electron chi connectivity index (χ0n) is 32.4. The van der Waals surface area contributed by atoms with Crippen molar-refractivity contribution in [2.45, 2.75) is 125 Å². The maximum absolute atomic E-state index is 13.6. The molecule has 1 aromatic heterocycles. The first-order chi connectivity index (χ1) is 22.9. The van der Waals surface area contributed by atoms with Crippen LogP contribution in [0.25, 0.3) is 6.08 Å². The molecule has 3 saturated carbocycles. The summed E-state index contributed by atoms with van der Waals surface area (Å²) in [6.45, 7) is 29.1. The molecule has 4 aliphatic carbocycles. The van der Waals surface area contributed by atoms with Gasteiger partial charge in [-0.15, -0.1) is 0 Å². The molecule has 274 valence electrons. The Morgan fingerprint density at radius 1 is 1.16 bits per heavy atom. The number of hydrogen-bond acceptors (Lipinski definition) is 6. The molecule has 5 aliphatic rings. The lowest BCUT2D eigenvalue weighted by molar-refractivity contribution is -0.255. The summed E-state index contributed by atoms with van der Waals surface area (Å²) in [7, 11) is 2.04. The van der Waals surface area contributed by atoms with Crippen LogP contribution in [0.5, 0.6) is 0 Å². The van der Waals surface area contributed by atoms with Crippen molar-refractivity contribution in [3.63, 3.8) is 0 Å². The predicted octanol–water partition coefficient (Wildman–Crippen LogP) is 8.07. The summed E-state index contributed by atoms with van der Waals surface area (Å²) < 4.78 is 16.3. The molecule has 1 aromatic rings. The Hall–Kier alpha value is -2.03. The Kier molecular flexibility index (Phi) is 9.22. The molecular formula is C41H66N4O4. The van der Waals surface area contributed by atoms with Gasteiger partial charge in [-0.3, -0.25) is 4.79 Å². The van der Waals surface area contributed by atoms with E-state index in [9.17, 15) is 9.90 Å². The lowest BCUT2D eigenvalue weighted by Gasteiger charge is -2.71. The van der Waals surface area contributed by atoms with Crippen molar-refractivity contribution in [3.8, 4) is 0 Å². The number of nitrogens with zero attached hydrogens (tertiary/aromatic N) is 3. The van der Waals surface area contributed by atoms with Crippen LogP contribution in [-0.4, -0.2) is 64.4 Å². The third kappa shape index (κ3) is 5.03. The van der Waals surface area contributed by atoms with Gasteiger partial charge in [-0.1, -0.05) is 80.5 Å². The van der Waals surface area contributed by atoms with Crippen LogP contribution in [0, 0.1) is 62.6 Å². The third-order valence-corrected chi connectivity index (χ3v) is 16.5. The van der Waals surface area contributed by atoms with Crippen LogP contribution in [0.4, 0.5) is 0 Å². The highest BCUT2D eigenvalue weighted by molar-refractivity contribution is 5.73. The fourth-order valence-corrected chi connectivity index (χ4v) is 12.5. The van der Waals surface area contributed by atoms with Crippen LogP contribution in [0.2, 0.25) is 0 Å². The van der Waals surface area contributed by atoms with Gasteiger partial charge in [-0.05, 0) is 110 Å². The number of hydrogen-bond donors (Lipinski definition) is 2. The van der Waals surface area contributed by atoms with Gasteiger partial charge in [0.05, 0.1) is 37.9 Å². The van der Waals surface area contributed by atoms with Gasteiger partial charge in [0.15, 0.2) is 0 Å². The molecule has 2 N–H and O–H groups in total. The summed E-state index contributed by atoms with van der Waals surface area (Å²) in [5.41, 5.74) is 0.0249. The predicted molar refractivity (Wildman–Crippen MR) is 195 cm³/mol. The summed E-state index contributed by atoms with van der Waals surface area (Å²) in [5, 5.41) is 19.6. The minimum atomic E-state index is -0.622. The van der Waals surface area contributed by atoms with Crippen molar-refractivity contribution >= 4 is 12.0 Å². The molecule has 12 atom stereocenters. The third-order valence-electron chi connectivity index (χ3n) is 16.5. The average Bonchev–Trinajstić information content (AvgIpc) is 3.52. The minimum absolute atomic E-state index is 0.0389. The first-order valence-corrected chi connectivity index (χ1v) is 19.2. The van der Waals surface area contributed by atoms with Gasteiger partial charge in [0, 0.05) is 11.0 Å². The van der Waals surface area contributed by atoms with Crippen LogP contribution in [0.3, 0.4) is 0 Å². The van der Waals surface area contributed by atoms with Crippen LogP contribution in [0.15, 0.2) is 24.6 Å². The van der Waals surface area contributed by atoms with E-state index >= 15 is 0 Å². The molecule has 0 aromatic carbocycles. The second-order valence-corrected chi connectivity index (χ2v) is 19.0. The van der Waals surface area contributed by atoms with Crippen LogP contribution >= 0.6 is 0 Å². The molecular weight excluding hydrogens is 612 g/mol. The molecule has 1 saturated heterocycles. The largest absolute Gasteiger partial charge is 0.481 e. The van der Waals surface area contributed by atoms with E-state index < -0.39 is 11.9 Å². The van der Waals surface area contributed by atoms with Gasteiger partial charge in [-0.25, -0.2) is 9.67 Å². The molecule has 2 heterocycles. The smallest absolute Gasteiger partial charge is 0.307 e. The van der Waals surface area contributed by atoms with E-state index in [4.69, 9.17) is 14.6 Å². The topological polar surface area (TPSA) is 98.5 Å². The zero-order valence-corrected chi connectivity index (χ0v) is 32.4. The first kappa shape index (κ1) is 36.8. The van der Waals surface area contributed by atoms with E-state index in [1.807, 2.05) is 13.1 Å². The monoisotopic (exact) mass is 679 g/mol. The molecule has 6 rings (SSSR count). The second kappa shape index (κ2) is 12.3. The number of fused-ring (bicyclic) bond motifs is 3. The lowest BCUT2D eigenvalue weighted by Crippen LogP contribution is -2.70. The molecule has 0 amide bonds. The summed E-state index contributed by atoms with van der Waals surface area (Å²) in [4.78, 5) is 18.2. The molecule has 2 bridgehead atoms. The fraction of sp³-hybridized carbons (Fsp3) is 0.829. The molecule has 0 spiro atoms. The van der Waals surface area contributed by atoms with E-state index in [-0.39, 0.29) is 50.7 Å². The molecule has 8 heteroatoms. The van der Waals surface area contributed by atoms with E-state index in [2.05, 4.69) is 96.9 Å². The Morgan fingerprint density at radius 2 is 1.88 bits per heavy atom. The number of aromatic nitrogens is 3. The Balaban J connectivity index is 1.53. The fourth-order valence-electron chi connectivity index (χ4n) is 12.5. The Bertz CT molecular complexity index is 1470. The number of carboxylic acids is 1. The maximum Gasteiger partial charge on any atom is 0.307 e. The van der Waals surface area contributed by atoms with Gasteiger partial charge < -0.3 is 19.9 Å². The molecule has 0 radical (unpaired) electrons. The number of aliphatic carboxylic acids is 1. The van der Waals surface area contributed by atoms with Gasteiger partial charge in [0.2, 0.25) is 0 Å². The quantitative estimate of drug-likeness (QED) is 0.242. The van der Waals surface area contributed by atoms with Gasteiger partial charge in [0.1, 0.15) is 12.2 Å². The average molecular weight is 679 g/mol. The van der Waals surface area contributed by atoms with E-state index in [0.717, 1.165) is 51.0 Å². The molecule has 4 fully saturated rings. The summed E-state index contributed by atoms with van der Waals surface area (Å²) in [6, 6.07) is -0.0389. The minimum Gasteiger partial charge on any atom is -0.481 e. The summed E-state index contributed by atoms with van der Waals surface area (Å²) in [5.74, 6) is 1.48. The molecule has 0 unspecified atom stereocenters. The van der Waals surface area contributed by atoms with Gasteiger partial charge in [0.25, 0.3) is 0 Å². The number of rotatable bonds is 10. The normalized spacial score (nSPS) is 43.5. The highest BCUT2D eigenvalue weighted by atomic mass is 16.5. The number of ether oxygens (including phenoxy) is 2. The summed E-state index contributed by atoms with van der Waals surface area (Å²) >= 11 is 0. The zero-order chi connectivity index (χ0) is 35.9. The lowest BCUT2D eigenvalue weighted by atomic mass is 9.34. The van der Waals surface area contributed by atoms with Gasteiger partial charge in [-0.2, -0.15) is 5.10 Å². The number of allylic oxidation sites excluding steroid dienone is 1. The van der Waals surface area contributed by atoms with Crippen molar-refractivity contribution in [2.24, 2.45) is 62.6 Å². The number of carbonyl (C=O) groups is 1. The number of nitrogens with one attached hydrogen (secondary N) is 1. The van der Waals surface area contributed by atoms with E-state index in [1.54, 1.807) is 6.33 Å². The van der Waals surface area contributed by atoms with Crippen LogP contribution < -0.4 is 5.32 Å². The SMILES string of the molecule is C=Cc1ncnn1[C@@H]1C[C@]2(C)COC[C@@]3(C4=CC[C@@]5(C)[C@H](C(=O)O)[C@@](C)([C@H](C)C(C)C)CC[C@]5(C)[C@H]4CC[C@H]23)[C@H]1OC[C@](C)(NC)C(C)C. The van der Waals surface area contributed by atoms with E-state index in [1.165, 1.54) is 5.57 Å². The number of carboxylic acid groups (broad SMARTS) is 1. The standard InChI is InChI=1S/C41H66N4O4/c1-13-32-43-24-44-45(32)30-20-36(7)21-48-23-41(34(30)49-22-40(11,42-12)26(4)5)29-16-17-39(10)33(35(46)47)37(8,27(6)25(2)3)18-19-38(39,9)28(29)14-15-31(36)41/h13,16,24-28,30-31,33-34,42H,1,14-15,17-23H2,2-12H3,(H,46,47)/t27-,28+,30-,31-,33-,34+,36-,37-,38-,39+,40+,41+/m1/s1. The molecule has 8 nitrogen and oxygen atoms in total. The second-order valence-electron chi connectivity index (χ2n) is 19.0. The van der Waals surface area contributed by atoms with Crippen LogP contribution in [-0.2, 0) is 14.3 Å². The molecule has 49 heavy (non-hydrogen) atoms. The van der Waals surface area contributed by atoms with E-state index in [0.29, 0.717) is 36.9 Å².